The summed E-state index contributed by atoms with van der Waals surface area (Å²) in [5, 5.41) is 13.1. The minimum Gasteiger partial charge on any atom is -0.393 e. The Morgan fingerprint density at radius 2 is 2.12 bits per heavy atom. The first-order valence-corrected chi connectivity index (χ1v) is 8.98. The molecule has 3 rings (SSSR count). The summed E-state index contributed by atoms with van der Waals surface area (Å²) in [7, 11) is 0. The summed E-state index contributed by atoms with van der Waals surface area (Å²) in [6, 6.07) is 5.37. The Kier molecular flexibility index (Phi) is 5.51. The van der Waals surface area contributed by atoms with Crippen LogP contribution in [-0.2, 0) is 11.3 Å². The van der Waals surface area contributed by atoms with Crippen molar-refractivity contribution in [3.05, 3.63) is 35.1 Å². The van der Waals surface area contributed by atoms with E-state index in [1.54, 1.807) is 13.0 Å². The highest BCUT2D eigenvalue weighted by Crippen LogP contribution is 2.35. The van der Waals surface area contributed by atoms with Gasteiger partial charge in [-0.25, -0.2) is 4.39 Å². The Hall–Kier alpha value is -1.46. The number of piperidine rings is 1. The molecule has 2 aliphatic rings. The molecule has 132 valence electrons. The molecule has 1 saturated carbocycles. The quantitative estimate of drug-likeness (QED) is 0.889. The van der Waals surface area contributed by atoms with Crippen molar-refractivity contribution in [2.45, 2.75) is 57.7 Å². The van der Waals surface area contributed by atoms with Crippen molar-refractivity contribution in [3.63, 3.8) is 0 Å². The maximum atomic E-state index is 13.6. The van der Waals surface area contributed by atoms with E-state index in [0.717, 1.165) is 31.4 Å². The Morgan fingerprint density at radius 1 is 1.33 bits per heavy atom. The fourth-order valence-corrected chi connectivity index (χ4v) is 4.10. The average molecular weight is 334 g/mol. The molecule has 2 N–H and O–H groups in total. The fraction of sp³-hybridized carbons (Fsp3) is 0.632. The smallest absolute Gasteiger partial charge is 0.234 e. The number of carbonyl (C=O) groups excluding carboxylic acids is 1. The highest BCUT2D eigenvalue weighted by atomic mass is 19.1. The number of hydrogen-bond acceptors (Lipinski definition) is 3. The predicted molar refractivity (Wildman–Crippen MR) is 90.9 cm³/mol. The molecule has 1 aliphatic heterocycles. The van der Waals surface area contributed by atoms with Gasteiger partial charge in [-0.1, -0.05) is 25.0 Å². The van der Waals surface area contributed by atoms with Crippen LogP contribution in [0.5, 0.6) is 0 Å². The van der Waals surface area contributed by atoms with Crippen molar-refractivity contribution in [2.24, 2.45) is 5.92 Å². The molecule has 2 fully saturated rings. The number of nitrogens with zero attached hydrogens (tertiary/aromatic N) is 1. The van der Waals surface area contributed by atoms with Crippen LogP contribution in [0.25, 0.3) is 0 Å². The summed E-state index contributed by atoms with van der Waals surface area (Å²) < 4.78 is 13.6. The summed E-state index contributed by atoms with van der Waals surface area (Å²) >= 11 is 0. The lowest BCUT2D eigenvalue weighted by atomic mass is 9.76. The zero-order valence-electron chi connectivity index (χ0n) is 14.3. The Morgan fingerprint density at radius 3 is 2.92 bits per heavy atom. The minimum atomic E-state index is -0.239. The van der Waals surface area contributed by atoms with Gasteiger partial charge in [0.25, 0.3) is 0 Å². The molecule has 1 aliphatic carbocycles. The summed E-state index contributed by atoms with van der Waals surface area (Å²) in [6.45, 7) is 3.21. The Labute approximate surface area is 143 Å². The standard InChI is InChI=1S/C19H27FN2O2/c1-13-6-7-14(10-16(13)20)11-21-19(24)12-22-9-8-18(23)15-4-2-3-5-17(15)22/h6-7,10,15,17-18,23H,2-5,8-9,11-12H2,1H3,(H,21,24). The Balaban J connectivity index is 1.53. The van der Waals surface area contributed by atoms with Gasteiger partial charge in [-0.15, -0.1) is 0 Å². The first-order valence-electron chi connectivity index (χ1n) is 8.98. The number of carbonyl (C=O) groups is 1. The van der Waals surface area contributed by atoms with Crippen molar-refractivity contribution in [1.82, 2.24) is 10.2 Å². The van der Waals surface area contributed by atoms with E-state index in [1.807, 2.05) is 6.07 Å². The molecule has 3 unspecified atom stereocenters. The SMILES string of the molecule is Cc1ccc(CNC(=O)CN2CCC(O)C3CCCCC32)cc1F. The normalized spacial score (nSPS) is 27.5. The van der Waals surface area contributed by atoms with Crippen LogP contribution in [0.4, 0.5) is 4.39 Å². The molecular weight excluding hydrogens is 307 g/mol. The molecule has 1 aromatic carbocycles. The van der Waals surface area contributed by atoms with Gasteiger partial charge in [-0.2, -0.15) is 0 Å². The zero-order valence-corrected chi connectivity index (χ0v) is 14.3. The average Bonchev–Trinajstić information content (AvgIpc) is 2.59. The minimum absolute atomic E-state index is 0.0308. The summed E-state index contributed by atoms with van der Waals surface area (Å²) in [5.74, 6) is 0.0417. The van der Waals surface area contributed by atoms with Crippen molar-refractivity contribution in [3.8, 4) is 0 Å². The van der Waals surface area contributed by atoms with Crippen molar-refractivity contribution in [2.75, 3.05) is 13.1 Å². The van der Waals surface area contributed by atoms with Crippen LogP contribution in [-0.4, -0.2) is 41.1 Å². The lowest BCUT2D eigenvalue weighted by Crippen LogP contribution is -2.54. The second-order valence-corrected chi connectivity index (χ2v) is 7.20. The monoisotopic (exact) mass is 334 g/mol. The fourth-order valence-electron chi connectivity index (χ4n) is 4.10. The summed E-state index contributed by atoms with van der Waals surface area (Å²) in [5.41, 5.74) is 1.39. The third-order valence-corrected chi connectivity index (χ3v) is 5.53. The van der Waals surface area contributed by atoms with E-state index in [-0.39, 0.29) is 17.8 Å². The maximum Gasteiger partial charge on any atom is 0.234 e. The van der Waals surface area contributed by atoms with E-state index in [0.29, 0.717) is 30.6 Å². The number of benzene rings is 1. The molecule has 1 amide bonds. The van der Waals surface area contributed by atoms with E-state index < -0.39 is 0 Å². The van der Waals surface area contributed by atoms with Gasteiger partial charge in [-0.05, 0) is 43.4 Å². The molecule has 0 aromatic heterocycles. The number of hydrogen-bond donors (Lipinski definition) is 2. The molecule has 1 heterocycles. The molecule has 4 nitrogen and oxygen atoms in total. The van der Waals surface area contributed by atoms with Gasteiger partial charge in [0.2, 0.25) is 5.91 Å². The van der Waals surface area contributed by atoms with Crippen molar-refractivity contribution < 1.29 is 14.3 Å². The van der Waals surface area contributed by atoms with Crippen LogP contribution in [0, 0.1) is 18.7 Å². The number of likely N-dealkylation sites (tertiary alicyclic amines) is 1. The summed E-state index contributed by atoms with van der Waals surface area (Å²) in [6.07, 6.45) is 5.01. The molecule has 0 bridgehead atoms. The van der Waals surface area contributed by atoms with E-state index in [2.05, 4.69) is 10.2 Å². The molecule has 1 saturated heterocycles. The van der Waals surface area contributed by atoms with Gasteiger partial charge in [0.15, 0.2) is 0 Å². The van der Waals surface area contributed by atoms with Gasteiger partial charge in [0, 0.05) is 25.0 Å². The number of aryl methyl sites for hydroxylation is 1. The molecule has 3 atom stereocenters. The van der Waals surface area contributed by atoms with Gasteiger partial charge >= 0.3 is 0 Å². The number of aliphatic hydroxyl groups excluding tert-OH is 1. The number of amides is 1. The first kappa shape index (κ1) is 17.4. The van der Waals surface area contributed by atoms with Crippen LogP contribution in [0.2, 0.25) is 0 Å². The largest absolute Gasteiger partial charge is 0.393 e. The highest BCUT2D eigenvalue weighted by molar-refractivity contribution is 5.78. The number of fused-ring (bicyclic) bond motifs is 1. The number of halogens is 1. The molecule has 24 heavy (non-hydrogen) atoms. The van der Waals surface area contributed by atoms with E-state index >= 15 is 0 Å². The molecular formula is C19H27FN2O2. The third-order valence-electron chi connectivity index (χ3n) is 5.53. The Bertz CT molecular complexity index is 593. The van der Waals surface area contributed by atoms with Gasteiger partial charge in [-0.3, -0.25) is 9.69 Å². The summed E-state index contributed by atoms with van der Waals surface area (Å²) in [4.78, 5) is 14.5. The number of nitrogens with one attached hydrogen (secondary N) is 1. The van der Waals surface area contributed by atoms with E-state index in [1.165, 1.54) is 18.9 Å². The van der Waals surface area contributed by atoms with Crippen molar-refractivity contribution in [1.29, 1.82) is 0 Å². The number of aliphatic hydroxyl groups is 1. The van der Waals surface area contributed by atoms with Crippen LogP contribution < -0.4 is 5.32 Å². The van der Waals surface area contributed by atoms with Crippen LogP contribution >= 0.6 is 0 Å². The zero-order chi connectivity index (χ0) is 17.1. The van der Waals surface area contributed by atoms with Gasteiger partial charge in [0.05, 0.1) is 12.6 Å². The lowest BCUT2D eigenvalue weighted by molar-refractivity contribution is -0.125. The molecule has 0 spiro atoms. The predicted octanol–water partition coefficient (Wildman–Crippen LogP) is 2.38. The van der Waals surface area contributed by atoms with Crippen molar-refractivity contribution >= 4 is 5.91 Å². The van der Waals surface area contributed by atoms with E-state index in [4.69, 9.17) is 0 Å². The molecule has 0 radical (unpaired) electrons. The van der Waals surface area contributed by atoms with Gasteiger partial charge in [0.1, 0.15) is 5.82 Å². The van der Waals surface area contributed by atoms with Gasteiger partial charge < -0.3 is 10.4 Å². The maximum absolute atomic E-state index is 13.6. The molecule has 1 aromatic rings. The topological polar surface area (TPSA) is 52.6 Å². The first-order chi connectivity index (χ1) is 11.5. The van der Waals surface area contributed by atoms with Crippen LogP contribution in [0.3, 0.4) is 0 Å². The van der Waals surface area contributed by atoms with Crippen LogP contribution in [0.15, 0.2) is 18.2 Å². The highest BCUT2D eigenvalue weighted by Gasteiger charge is 2.38. The second kappa shape index (κ2) is 7.62. The second-order valence-electron chi connectivity index (χ2n) is 7.20. The molecule has 5 heteroatoms. The van der Waals surface area contributed by atoms with Crippen LogP contribution in [0.1, 0.15) is 43.2 Å². The van der Waals surface area contributed by atoms with E-state index in [9.17, 15) is 14.3 Å². The third kappa shape index (κ3) is 3.95. The number of rotatable bonds is 4. The lowest BCUT2D eigenvalue weighted by Gasteiger charge is -2.46.